The second-order valence-electron chi connectivity index (χ2n) is 4.28. The molecule has 0 saturated carbocycles. The minimum atomic E-state index is 0. The number of thiazole rings is 1. The third kappa shape index (κ3) is 5.84. The molecule has 0 amide bonds. The van der Waals surface area contributed by atoms with Gasteiger partial charge in [0, 0.05) is 18.5 Å². The van der Waals surface area contributed by atoms with Gasteiger partial charge >= 0.3 is 0 Å². The lowest BCUT2D eigenvalue weighted by Crippen LogP contribution is -2.36. The van der Waals surface area contributed by atoms with E-state index in [2.05, 4.69) is 48.0 Å². The zero-order valence-corrected chi connectivity index (χ0v) is 17.6. The Balaban J connectivity index is 0.00000220. The lowest BCUT2D eigenvalue weighted by molar-refractivity contribution is 0.813. The molecule has 2 rings (SSSR count). The van der Waals surface area contributed by atoms with Gasteiger partial charge in [-0.3, -0.25) is 4.99 Å². The molecule has 0 atom stereocenters. The molecule has 2 aromatic rings. The van der Waals surface area contributed by atoms with Crippen LogP contribution in [-0.2, 0) is 13.1 Å². The molecule has 0 aliphatic carbocycles. The van der Waals surface area contributed by atoms with Crippen LogP contribution in [0.3, 0.4) is 0 Å². The average Bonchev–Trinajstić information content (AvgIpc) is 2.96. The van der Waals surface area contributed by atoms with Crippen LogP contribution >= 0.6 is 62.6 Å². The SMILES string of the molecule is CN=C(NCc1csc(Br)c1)NCc1sc(C)nc1C.I. The quantitative estimate of drug-likeness (QED) is 0.378. The molecule has 2 heterocycles. The largest absolute Gasteiger partial charge is 0.352 e. The minimum Gasteiger partial charge on any atom is -0.352 e. The van der Waals surface area contributed by atoms with E-state index in [-0.39, 0.29) is 24.0 Å². The van der Waals surface area contributed by atoms with Crippen molar-refractivity contribution in [1.82, 2.24) is 15.6 Å². The number of thiophene rings is 1. The van der Waals surface area contributed by atoms with E-state index in [9.17, 15) is 0 Å². The molecule has 0 saturated heterocycles. The monoisotopic (exact) mass is 500 g/mol. The Hall–Kier alpha value is -0.190. The number of aromatic nitrogens is 1. The number of aryl methyl sites for hydroxylation is 2. The third-order valence-electron chi connectivity index (χ3n) is 2.72. The average molecular weight is 501 g/mol. The normalized spacial score (nSPS) is 11.1. The first kappa shape index (κ1) is 18.9. The van der Waals surface area contributed by atoms with Gasteiger partial charge < -0.3 is 10.6 Å². The van der Waals surface area contributed by atoms with Crippen molar-refractivity contribution >= 4 is 68.5 Å². The van der Waals surface area contributed by atoms with Crippen LogP contribution in [0.5, 0.6) is 0 Å². The van der Waals surface area contributed by atoms with Crippen LogP contribution < -0.4 is 10.6 Å². The number of nitrogens with zero attached hydrogens (tertiary/aromatic N) is 2. The number of nitrogens with one attached hydrogen (secondary N) is 2. The van der Waals surface area contributed by atoms with Gasteiger partial charge in [-0.1, -0.05) is 0 Å². The minimum absolute atomic E-state index is 0. The highest BCUT2D eigenvalue weighted by atomic mass is 127. The molecule has 0 bridgehead atoms. The van der Waals surface area contributed by atoms with Crippen molar-refractivity contribution in [2.75, 3.05) is 7.05 Å². The summed E-state index contributed by atoms with van der Waals surface area (Å²) < 4.78 is 1.15. The van der Waals surface area contributed by atoms with Crippen molar-refractivity contribution in [3.8, 4) is 0 Å². The first-order valence-corrected chi connectivity index (χ1v) is 8.67. The number of halogens is 2. The second kappa shape index (κ2) is 9.06. The number of hydrogen-bond donors (Lipinski definition) is 2. The number of rotatable bonds is 4. The highest BCUT2D eigenvalue weighted by Crippen LogP contribution is 2.20. The predicted molar refractivity (Wildman–Crippen MR) is 106 cm³/mol. The fourth-order valence-electron chi connectivity index (χ4n) is 1.75. The zero-order valence-electron chi connectivity index (χ0n) is 12.1. The molecular formula is C13H18BrIN4S2. The van der Waals surface area contributed by atoms with E-state index in [4.69, 9.17) is 0 Å². The lowest BCUT2D eigenvalue weighted by atomic mass is 10.3. The maximum absolute atomic E-state index is 4.43. The second-order valence-corrected chi connectivity index (χ2v) is 7.86. The van der Waals surface area contributed by atoms with E-state index in [1.165, 1.54) is 10.4 Å². The summed E-state index contributed by atoms with van der Waals surface area (Å²) in [6.07, 6.45) is 0. The Morgan fingerprint density at radius 2 is 2.05 bits per heavy atom. The number of aliphatic imine (C=N–C) groups is 1. The van der Waals surface area contributed by atoms with Crippen molar-refractivity contribution in [3.63, 3.8) is 0 Å². The summed E-state index contributed by atoms with van der Waals surface area (Å²) in [4.78, 5) is 9.91. The van der Waals surface area contributed by atoms with Crippen LogP contribution in [0, 0.1) is 13.8 Å². The van der Waals surface area contributed by atoms with Crippen LogP contribution in [0.25, 0.3) is 0 Å². The van der Waals surface area contributed by atoms with Gasteiger partial charge in [0.1, 0.15) is 0 Å². The Morgan fingerprint density at radius 1 is 1.33 bits per heavy atom. The van der Waals surface area contributed by atoms with Gasteiger partial charge in [0.05, 0.1) is 21.0 Å². The van der Waals surface area contributed by atoms with Gasteiger partial charge in [-0.15, -0.1) is 46.7 Å². The molecule has 2 N–H and O–H groups in total. The van der Waals surface area contributed by atoms with Crippen LogP contribution in [-0.4, -0.2) is 18.0 Å². The molecule has 0 unspecified atom stereocenters. The summed E-state index contributed by atoms with van der Waals surface area (Å²) in [5, 5.41) is 9.85. The van der Waals surface area contributed by atoms with E-state index in [1.807, 2.05) is 13.8 Å². The maximum atomic E-state index is 4.43. The van der Waals surface area contributed by atoms with Gasteiger partial charge in [0.2, 0.25) is 0 Å². The molecule has 0 aliphatic rings. The molecule has 0 radical (unpaired) electrons. The molecule has 116 valence electrons. The van der Waals surface area contributed by atoms with Crippen molar-refractivity contribution in [3.05, 3.63) is 36.4 Å². The molecule has 2 aromatic heterocycles. The summed E-state index contributed by atoms with van der Waals surface area (Å²) in [6, 6.07) is 2.11. The molecule has 0 aromatic carbocycles. The fourth-order valence-corrected chi connectivity index (χ4v) is 3.83. The van der Waals surface area contributed by atoms with E-state index in [1.54, 1.807) is 29.7 Å². The summed E-state index contributed by atoms with van der Waals surface area (Å²) in [5.41, 5.74) is 2.34. The van der Waals surface area contributed by atoms with E-state index >= 15 is 0 Å². The standard InChI is InChI=1S/C13H17BrN4S2.HI/c1-8-11(20-9(2)18-8)6-17-13(15-3)16-5-10-4-12(14)19-7-10;/h4,7H,5-6H2,1-3H3,(H2,15,16,17);1H. The van der Waals surface area contributed by atoms with Crippen LogP contribution in [0.4, 0.5) is 0 Å². The van der Waals surface area contributed by atoms with Gasteiger partial charge in [-0.25, -0.2) is 4.98 Å². The smallest absolute Gasteiger partial charge is 0.191 e. The highest BCUT2D eigenvalue weighted by molar-refractivity contribution is 14.0. The Kier molecular flexibility index (Phi) is 8.14. The van der Waals surface area contributed by atoms with Gasteiger partial charge in [0.25, 0.3) is 0 Å². The molecule has 4 nitrogen and oxygen atoms in total. The molecule has 0 aliphatic heterocycles. The number of hydrogen-bond acceptors (Lipinski definition) is 4. The van der Waals surface area contributed by atoms with E-state index < -0.39 is 0 Å². The third-order valence-corrected chi connectivity index (χ3v) is 5.35. The Bertz CT molecular complexity index is 609. The molecular weight excluding hydrogens is 483 g/mol. The zero-order chi connectivity index (χ0) is 14.5. The van der Waals surface area contributed by atoms with Crippen LogP contribution in [0.1, 0.15) is 21.1 Å². The summed E-state index contributed by atoms with van der Waals surface area (Å²) >= 11 is 6.88. The Morgan fingerprint density at radius 3 is 2.57 bits per heavy atom. The summed E-state index contributed by atoms with van der Waals surface area (Å²) in [7, 11) is 1.78. The fraction of sp³-hybridized carbons (Fsp3) is 0.385. The molecule has 0 fully saturated rings. The lowest BCUT2D eigenvalue weighted by Gasteiger charge is -2.10. The van der Waals surface area contributed by atoms with E-state index in [0.29, 0.717) is 0 Å². The number of guanidine groups is 1. The van der Waals surface area contributed by atoms with Crippen LogP contribution in [0.2, 0.25) is 0 Å². The first-order valence-electron chi connectivity index (χ1n) is 6.19. The van der Waals surface area contributed by atoms with Gasteiger partial charge in [-0.2, -0.15) is 0 Å². The molecule has 8 heteroatoms. The van der Waals surface area contributed by atoms with Gasteiger partial charge in [0.15, 0.2) is 5.96 Å². The summed E-state index contributed by atoms with van der Waals surface area (Å²) in [6.45, 7) is 5.59. The summed E-state index contributed by atoms with van der Waals surface area (Å²) in [5.74, 6) is 0.803. The predicted octanol–water partition coefficient (Wildman–Crippen LogP) is 4.07. The highest BCUT2D eigenvalue weighted by Gasteiger charge is 2.06. The first-order chi connectivity index (χ1) is 9.58. The molecule has 0 spiro atoms. The maximum Gasteiger partial charge on any atom is 0.191 e. The van der Waals surface area contributed by atoms with Crippen molar-refractivity contribution < 1.29 is 0 Å². The van der Waals surface area contributed by atoms with Crippen LogP contribution in [0.15, 0.2) is 20.2 Å². The van der Waals surface area contributed by atoms with Crippen molar-refractivity contribution in [2.24, 2.45) is 4.99 Å². The Labute approximate surface area is 158 Å². The van der Waals surface area contributed by atoms with Crippen molar-refractivity contribution in [1.29, 1.82) is 0 Å². The molecule has 21 heavy (non-hydrogen) atoms. The van der Waals surface area contributed by atoms with Crippen molar-refractivity contribution in [2.45, 2.75) is 26.9 Å². The van der Waals surface area contributed by atoms with Gasteiger partial charge in [-0.05, 0) is 46.8 Å². The van der Waals surface area contributed by atoms with E-state index in [0.717, 1.165) is 33.5 Å². The topological polar surface area (TPSA) is 49.3 Å².